The van der Waals surface area contributed by atoms with Gasteiger partial charge in [-0.05, 0) is 22.0 Å². The molecule has 0 saturated heterocycles. The third-order valence-electron chi connectivity index (χ3n) is 2.24. The van der Waals surface area contributed by atoms with Gasteiger partial charge in [0.2, 0.25) is 10.0 Å². The average Bonchev–Trinajstić information content (AvgIpc) is 2.95. The minimum atomic E-state index is -3.64. The van der Waals surface area contributed by atoms with Crippen LogP contribution in [0.3, 0.4) is 0 Å². The maximum Gasteiger partial charge on any atom is 0.245 e. The van der Waals surface area contributed by atoms with Crippen molar-refractivity contribution in [2.24, 2.45) is 5.73 Å². The maximum atomic E-state index is 12.0. The van der Waals surface area contributed by atoms with Crippen LogP contribution in [0.4, 0.5) is 0 Å². The molecule has 6 nitrogen and oxygen atoms in total. The van der Waals surface area contributed by atoms with Crippen LogP contribution in [-0.4, -0.2) is 8.42 Å². The Balaban J connectivity index is 2.17. The van der Waals surface area contributed by atoms with Crippen molar-refractivity contribution in [3.05, 3.63) is 40.7 Å². The predicted octanol–water partition coefficient (Wildman–Crippen LogP) is 1.57. The van der Waals surface area contributed by atoms with Crippen molar-refractivity contribution in [3.63, 3.8) is 0 Å². The zero-order valence-corrected chi connectivity index (χ0v) is 11.6. The van der Waals surface area contributed by atoms with E-state index in [1.807, 2.05) is 0 Å². The summed E-state index contributed by atoms with van der Waals surface area (Å²) in [5.74, 6) is 0.394. The van der Waals surface area contributed by atoms with E-state index < -0.39 is 10.0 Å². The van der Waals surface area contributed by atoms with Gasteiger partial charge in [0.25, 0.3) is 0 Å². The fourth-order valence-corrected chi connectivity index (χ4v) is 3.34. The molecule has 2 aromatic heterocycles. The van der Waals surface area contributed by atoms with Crippen LogP contribution in [-0.2, 0) is 23.1 Å². The Morgan fingerprint density at radius 3 is 2.78 bits per heavy atom. The lowest BCUT2D eigenvalue weighted by Crippen LogP contribution is -2.22. The van der Waals surface area contributed by atoms with Gasteiger partial charge in [-0.2, -0.15) is 0 Å². The van der Waals surface area contributed by atoms with Crippen LogP contribution in [0, 0.1) is 0 Å². The predicted molar refractivity (Wildman–Crippen MR) is 67.0 cm³/mol. The molecule has 0 atom stereocenters. The van der Waals surface area contributed by atoms with Crippen LogP contribution in [0.5, 0.6) is 0 Å². The molecule has 18 heavy (non-hydrogen) atoms. The summed E-state index contributed by atoms with van der Waals surface area (Å²) in [7, 11) is -3.64. The van der Waals surface area contributed by atoms with E-state index in [1.165, 1.54) is 18.6 Å². The highest BCUT2D eigenvalue weighted by Crippen LogP contribution is 2.25. The van der Waals surface area contributed by atoms with Crippen LogP contribution >= 0.6 is 15.9 Å². The van der Waals surface area contributed by atoms with E-state index in [-0.39, 0.29) is 22.7 Å². The molecular formula is C10H11BrN2O4S. The Hall–Kier alpha value is -1.09. The minimum absolute atomic E-state index is 0.0337. The zero-order valence-electron chi connectivity index (χ0n) is 9.22. The number of furan rings is 2. The Kier molecular flexibility index (Phi) is 3.91. The first kappa shape index (κ1) is 13.3. The molecular weight excluding hydrogens is 324 g/mol. The highest BCUT2D eigenvalue weighted by molar-refractivity contribution is 9.10. The van der Waals surface area contributed by atoms with E-state index in [0.717, 1.165) is 5.56 Å². The molecule has 0 fully saturated rings. The van der Waals surface area contributed by atoms with E-state index in [1.54, 1.807) is 6.07 Å². The monoisotopic (exact) mass is 334 g/mol. The first-order valence-electron chi connectivity index (χ1n) is 5.02. The van der Waals surface area contributed by atoms with Crippen molar-refractivity contribution < 1.29 is 17.3 Å². The number of nitrogens with one attached hydrogen (secondary N) is 1. The van der Waals surface area contributed by atoms with Gasteiger partial charge in [0.05, 0.1) is 19.1 Å². The van der Waals surface area contributed by atoms with Crippen molar-refractivity contribution in [1.82, 2.24) is 4.72 Å². The molecule has 0 aliphatic carbocycles. The Labute approximate surface area is 112 Å². The van der Waals surface area contributed by atoms with Crippen LogP contribution in [0.2, 0.25) is 0 Å². The largest absolute Gasteiger partial charge is 0.472 e. The number of hydrogen-bond acceptors (Lipinski definition) is 5. The van der Waals surface area contributed by atoms with Gasteiger partial charge in [0.15, 0.2) is 4.67 Å². The summed E-state index contributed by atoms with van der Waals surface area (Å²) in [5.41, 5.74) is 6.12. The van der Waals surface area contributed by atoms with Crippen molar-refractivity contribution in [2.45, 2.75) is 18.0 Å². The van der Waals surface area contributed by atoms with Gasteiger partial charge >= 0.3 is 0 Å². The zero-order chi connectivity index (χ0) is 13.2. The molecule has 2 rings (SSSR count). The SMILES string of the molecule is NCc1cc(S(=O)(=O)NCc2ccoc2)c(Br)o1. The van der Waals surface area contributed by atoms with Gasteiger partial charge in [-0.1, -0.05) is 0 Å². The third-order valence-corrected chi connectivity index (χ3v) is 4.50. The number of rotatable bonds is 5. The maximum absolute atomic E-state index is 12.0. The Morgan fingerprint density at radius 1 is 1.44 bits per heavy atom. The van der Waals surface area contributed by atoms with E-state index in [4.69, 9.17) is 14.6 Å². The van der Waals surface area contributed by atoms with Crippen LogP contribution in [0.1, 0.15) is 11.3 Å². The first-order chi connectivity index (χ1) is 8.53. The van der Waals surface area contributed by atoms with E-state index in [9.17, 15) is 8.42 Å². The smallest absolute Gasteiger partial charge is 0.245 e. The lowest BCUT2D eigenvalue weighted by molar-refractivity contribution is 0.483. The van der Waals surface area contributed by atoms with Crippen molar-refractivity contribution >= 4 is 26.0 Å². The lowest BCUT2D eigenvalue weighted by atomic mass is 10.4. The summed E-state index contributed by atoms with van der Waals surface area (Å²) in [6.45, 7) is 0.282. The van der Waals surface area contributed by atoms with Gasteiger partial charge in [0.1, 0.15) is 10.7 Å². The molecule has 3 N–H and O–H groups in total. The molecule has 0 radical (unpaired) electrons. The molecule has 2 heterocycles. The molecule has 0 saturated carbocycles. The van der Waals surface area contributed by atoms with Gasteiger partial charge in [-0.25, -0.2) is 13.1 Å². The molecule has 0 amide bonds. The summed E-state index contributed by atoms with van der Waals surface area (Å²) in [6, 6.07) is 3.07. The molecule has 0 unspecified atom stereocenters. The van der Waals surface area contributed by atoms with Gasteiger partial charge in [-0.3, -0.25) is 0 Å². The highest BCUT2D eigenvalue weighted by Gasteiger charge is 2.21. The quantitative estimate of drug-likeness (QED) is 0.864. The second-order valence-corrected chi connectivity index (χ2v) is 5.97. The molecule has 98 valence electrons. The van der Waals surface area contributed by atoms with Crippen LogP contribution < -0.4 is 10.5 Å². The van der Waals surface area contributed by atoms with Crippen LogP contribution in [0.25, 0.3) is 0 Å². The number of sulfonamides is 1. The number of nitrogens with two attached hydrogens (primary N) is 1. The highest BCUT2D eigenvalue weighted by atomic mass is 79.9. The van der Waals surface area contributed by atoms with Gasteiger partial charge in [-0.15, -0.1) is 0 Å². The summed E-state index contributed by atoms with van der Waals surface area (Å²) >= 11 is 3.05. The number of hydrogen-bond donors (Lipinski definition) is 2. The third kappa shape index (κ3) is 2.83. The molecule has 0 aliphatic heterocycles. The summed E-state index contributed by atoms with van der Waals surface area (Å²) in [5, 5.41) is 0. The molecule has 8 heteroatoms. The van der Waals surface area contributed by atoms with Gasteiger partial charge < -0.3 is 14.6 Å². The number of halogens is 1. The first-order valence-corrected chi connectivity index (χ1v) is 7.29. The standard InChI is InChI=1S/C10H11BrN2O4S/c11-10-9(3-8(4-12)17-10)18(14,15)13-5-7-1-2-16-6-7/h1-3,6,13H,4-5,12H2. The normalized spacial score (nSPS) is 11.9. The average molecular weight is 335 g/mol. The topological polar surface area (TPSA) is 98.5 Å². The lowest BCUT2D eigenvalue weighted by Gasteiger charge is -2.02. The van der Waals surface area contributed by atoms with Crippen molar-refractivity contribution in [1.29, 1.82) is 0 Å². The molecule has 2 aromatic rings. The van der Waals surface area contributed by atoms with Gasteiger partial charge in [0, 0.05) is 18.2 Å². The molecule has 0 aromatic carbocycles. The fraction of sp³-hybridized carbons (Fsp3) is 0.200. The second kappa shape index (κ2) is 5.27. The Morgan fingerprint density at radius 2 is 2.22 bits per heavy atom. The van der Waals surface area contributed by atoms with E-state index in [2.05, 4.69) is 20.7 Å². The summed E-state index contributed by atoms with van der Waals surface area (Å²) in [4.78, 5) is 0.0337. The fourth-order valence-electron chi connectivity index (χ4n) is 1.33. The summed E-state index contributed by atoms with van der Waals surface area (Å²) < 4.78 is 36.6. The molecule has 0 spiro atoms. The van der Waals surface area contributed by atoms with Crippen molar-refractivity contribution in [2.75, 3.05) is 0 Å². The Bertz CT molecular complexity index is 618. The van der Waals surface area contributed by atoms with Crippen molar-refractivity contribution in [3.8, 4) is 0 Å². The van der Waals surface area contributed by atoms with E-state index >= 15 is 0 Å². The van der Waals surface area contributed by atoms with Crippen LogP contribution in [0.15, 0.2) is 43.1 Å². The second-order valence-electron chi connectivity index (χ2n) is 3.51. The molecule has 0 aliphatic rings. The summed E-state index contributed by atoms with van der Waals surface area (Å²) in [6.07, 6.45) is 2.95. The minimum Gasteiger partial charge on any atom is -0.472 e. The van der Waals surface area contributed by atoms with E-state index in [0.29, 0.717) is 5.76 Å². The molecule has 0 bridgehead atoms.